The molecule has 0 aliphatic carbocycles. The number of rotatable bonds is 2. The van der Waals surface area contributed by atoms with Gasteiger partial charge in [0.05, 0.1) is 10.5 Å². The van der Waals surface area contributed by atoms with Gasteiger partial charge in [-0.05, 0) is 28.4 Å². The highest BCUT2D eigenvalue weighted by Crippen LogP contribution is 2.30. The van der Waals surface area contributed by atoms with E-state index in [1.165, 1.54) is 12.1 Å². The van der Waals surface area contributed by atoms with Gasteiger partial charge >= 0.3 is 5.97 Å². The summed E-state index contributed by atoms with van der Waals surface area (Å²) in [6, 6.07) is 2.68. The van der Waals surface area contributed by atoms with Crippen LogP contribution in [0.25, 0.3) is 0 Å². The molecule has 0 radical (unpaired) electrons. The second-order valence-corrected chi connectivity index (χ2v) is 3.45. The number of carboxylic acid groups (broad SMARTS) is 1. The lowest BCUT2D eigenvalue weighted by Gasteiger charge is -2.03. The first kappa shape index (κ1) is 10.6. The van der Waals surface area contributed by atoms with Crippen LogP contribution in [0.5, 0.6) is 0 Å². The normalized spacial score (nSPS) is 9.86. The van der Waals surface area contributed by atoms with E-state index in [0.717, 1.165) is 0 Å². The fraction of sp³-hybridized carbons (Fsp3) is 0.125. The van der Waals surface area contributed by atoms with Crippen molar-refractivity contribution in [3.63, 3.8) is 0 Å². The van der Waals surface area contributed by atoms with Crippen LogP contribution in [0.2, 0.25) is 0 Å². The van der Waals surface area contributed by atoms with Crippen LogP contribution < -0.4 is 0 Å². The second kappa shape index (κ2) is 3.75. The van der Waals surface area contributed by atoms with Gasteiger partial charge in [0, 0.05) is 6.07 Å². The van der Waals surface area contributed by atoms with E-state index in [1.807, 2.05) is 0 Å². The Hall–Kier alpha value is -1.43. The second-order valence-electron chi connectivity index (χ2n) is 2.65. The molecule has 0 aromatic heterocycles. The fourth-order valence-corrected chi connectivity index (χ4v) is 1.82. The molecule has 0 fully saturated rings. The first-order valence-corrected chi connectivity index (χ1v) is 4.41. The maximum absolute atomic E-state index is 10.8. The highest BCUT2D eigenvalue weighted by Gasteiger charge is 2.21. The molecule has 1 rings (SSSR count). The number of benzene rings is 1. The maximum Gasteiger partial charge on any atom is 0.337 e. The molecule has 5 nitrogen and oxygen atoms in total. The monoisotopic (exact) mass is 259 g/mol. The van der Waals surface area contributed by atoms with Crippen molar-refractivity contribution in [3.05, 3.63) is 37.8 Å². The van der Waals surface area contributed by atoms with Crippen LogP contribution in [-0.4, -0.2) is 16.0 Å². The predicted octanol–water partition coefficient (Wildman–Crippen LogP) is 2.36. The van der Waals surface area contributed by atoms with Crippen molar-refractivity contribution in [2.24, 2.45) is 0 Å². The zero-order valence-electron chi connectivity index (χ0n) is 7.15. The van der Waals surface area contributed by atoms with Crippen LogP contribution in [0.1, 0.15) is 15.9 Å². The number of nitrogens with zero attached hydrogens (tertiary/aromatic N) is 1. The Morgan fingerprint density at radius 1 is 1.57 bits per heavy atom. The molecule has 0 saturated heterocycles. The molecular weight excluding hydrogens is 254 g/mol. The number of carbonyl (C=O) groups is 1. The van der Waals surface area contributed by atoms with Gasteiger partial charge in [0.2, 0.25) is 0 Å². The average Bonchev–Trinajstić information content (AvgIpc) is 2.02. The highest BCUT2D eigenvalue weighted by atomic mass is 79.9. The summed E-state index contributed by atoms with van der Waals surface area (Å²) in [5, 5.41) is 19.3. The van der Waals surface area contributed by atoms with Gasteiger partial charge in [-0.25, -0.2) is 4.79 Å². The molecule has 0 saturated carbocycles. The van der Waals surface area contributed by atoms with Gasteiger partial charge in [0.25, 0.3) is 5.69 Å². The minimum Gasteiger partial charge on any atom is -0.478 e. The van der Waals surface area contributed by atoms with Crippen LogP contribution in [-0.2, 0) is 0 Å². The van der Waals surface area contributed by atoms with E-state index in [1.54, 1.807) is 6.92 Å². The molecule has 74 valence electrons. The SMILES string of the molecule is Cc1ccc([N+](=O)[O-])c(Br)c1C(=O)O. The number of aromatic carboxylic acids is 1. The Bertz CT molecular complexity index is 416. The number of aryl methyl sites for hydroxylation is 1. The molecule has 1 N–H and O–H groups in total. The number of nitro groups is 1. The summed E-state index contributed by atoms with van der Waals surface area (Å²) in [5.74, 6) is -1.18. The van der Waals surface area contributed by atoms with E-state index in [-0.39, 0.29) is 15.7 Å². The zero-order chi connectivity index (χ0) is 10.9. The van der Waals surface area contributed by atoms with Gasteiger partial charge in [0.15, 0.2) is 0 Å². The Labute approximate surface area is 87.6 Å². The van der Waals surface area contributed by atoms with Gasteiger partial charge < -0.3 is 5.11 Å². The Kier molecular flexibility index (Phi) is 2.85. The molecule has 0 amide bonds. The molecular formula is C8H6BrNO4. The third-order valence-electron chi connectivity index (χ3n) is 1.74. The van der Waals surface area contributed by atoms with Gasteiger partial charge in [-0.15, -0.1) is 0 Å². The third kappa shape index (κ3) is 1.74. The van der Waals surface area contributed by atoms with Gasteiger partial charge in [-0.3, -0.25) is 10.1 Å². The van der Waals surface area contributed by atoms with Crippen LogP contribution in [0.3, 0.4) is 0 Å². The predicted molar refractivity (Wildman–Crippen MR) is 52.5 cm³/mol. The molecule has 0 aliphatic heterocycles. The lowest BCUT2D eigenvalue weighted by molar-refractivity contribution is -0.385. The molecule has 1 aromatic carbocycles. The van der Waals surface area contributed by atoms with E-state index in [4.69, 9.17) is 5.11 Å². The number of hydrogen-bond acceptors (Lipinski definition) is 3. The van der Waals surface area contributed by atoms with Crippen molar-refractivity contribution in [3.8, 4) is 0 Å². The van der Waals surface area contributed by atoms with Crippen molar-refractivity contribution in [1.29, 1.82) is 0 Å². The largest absolute Gasteiger partial charge is 0.478 e. The van der Waals surface area contributed by atoms with E-state index < -0.39 is 10.9 Å². The van der Waals surface area contributed by atoms with Crippen molar-refractivity contribution < 1.29 is 14.8 Å². The van der Waals surface area contributed by atoms with Crippen LogP contribution in [0, 0.1) is 17.0 Å². The van der Waals surface area contributed by atoms with E-state index >= 15 is 0 Å². The van der Waals surface area contributed by atoms with Crippen LogP contribution >= 0.6 is 15.9 Å². The molecule has 0 heterocycles. The summed E-state index contributed by atoms with van der Waals surface area (Å²) in [6.45, 7) is 1.58. The van der Waals surface area contributed by atoms with Gasteiger partial charge in [-0.2, -0.15) is 0 Å². The lowest BCUT2D eigenvalue weighted by atomic mass is 10.1. The lowest BCUT2D eigenvalue weighted by Crippen LogP contribution is -2.03. The van der Waals surface area contributed by atoms with Crippen LogP contribution in [0.4, 0.5) is 5.69 Å². The Morgan fingerprint density at radius 3 is 2.57 bits per heavy atom. The topological polar surface area (TPSA) is 80.4 Å². The van der Waals surface area contributed by atoms with Crippen molar-refractivity contribution >= 4 is 27.6 Å². The summed E-state index contributed by atoms with van der Waals surface area (Å²) in [4.78, 5) is 20.6. The number of carboxylic acids is 1. The van der Waals surface area contributed by atoms with Crippen molar-refractivity contribution in [2.45, 2.75) is 6.92 Å². The fourth-order valence-electron chi connectivity index (χ4n) is 1.07. The number of hydrogen-bond donors (Lipinski definition) is 1. The van der Waals surface area contributed by atoms with Gasteiger partial charge in [0.1, 0.15) is 4.47 Å². The quantitative estimate of drug-likeness (QED) is 0.653. The molecule has 0 spiro atoms. The molecule has 0 bridgehead atoms. The molecule has 6 heteroatoms. The summed E-state index contributed by atoms with van der Waals surface area (Å²) >= 11 is 2.91. The first-order chi connectivity index (χ1) is 6.45. The van der Waals surface area contributed by atoms with Crippen LogP contribution in [0.15, 0.2) is 16.6 Å². The minimum absolute atomic E-state index is 0.00926. The Morgan fingerprint density at radius 2 is 2.14 bits per heavy atom. The summed E-state index contributed by atoms with van der Waals surface area (Å²) in [5.41, 5.74) is 0.169. The zero-order valence-corrected chi connectivity index (χ0v) is 8.74. The average molecular weight is 260 g/mol. The number of halogens is 1. The van der Waals surface area contributed by atoms with E-state index in [9.17, 15) is 14.9 Å². The smallest absolute Gasteiger partial charge is 0.337 e. The first-order valence-electron chi connectivity index (χ1n) is 3.62. The third-order valence-corrected chi connectivity index (χ3v) is 2.54. The summed E-state index contributed by atoms with van der Waals surface area (Å²) in [7, 11) is 0. The molecule has 14 heavy (non-hydrogen) atoms. The van der Waals surface area contributed by atoms with Crippen molar-refractivity contribution in [1.82, 2.24) is 0 Å². The molecule has 1 aromatic rings. The molecule has 0 unspecified atom stereocenters. The summed E-state index contributed by atoms with van der Waals surface area (Å²) in [6.07, 6.45) is 0. The summed E-state index contributed by atoms with van der Waals surface area (Å²) < 4.78 is 0.00926. The maximum atomic E-state index is 10.8. The highest BCUT2D eigenvalue weighted by molar-refractivity contribution is 9.10. The van der Waals surface area contributed by atoms with Crippen molar-refractivity contribution in [2.75, 3.05) is 0 Å². The minimum atomic E-state index is -1.18. The molecule has 0 atom stereocenters. The van der Waals surface area contributed by atoms with Gasteiger partial charge in [-0.1, -0.05) is 6.07 Å². The standard InChI is InChI=1S/C8H6BrNO4/c1-4-2-3-5(10(13)14)7(9)6(4)8(11)12/h2-3H,1H3,(H,11,12). The number of nitro benzene ring substituents is 1. The molecule has 0 aliphatic rings. The Balaban J connectivity index is 3.49. The van der Waals surface area contributed by atoms with E-state index in [0.29, 0.717) is 5.56 Å². The van der Waals surface area contributed by atoms with E-state index in [2.05, 4.69) is 15.9 Å².